The molecule has 4 aromatic heterocycles. The molecule has 1 saturated heterocycles. The summed E-state index contributed by atoms with van der Waals surface area (Å²) >= 11 is 6.08. The summed E-state index contributed by atoms with van der Waals surface area (Å²) in [6, 6.07) is 11.4. The zero-order chi connectivity index (χ0) is 27.1. The number of carbonyl (C=O) groups is 1. The number of carbonyl (C=O) groups excluding carboxylic acids is 1. The average Bonchev–Trinajstić information content (AvgIpc) is 3.25. The van der Waals surface area contributed by atoms with Crippen molar-refractivity contribution in [3.63, 3.8) is 0 Å². The first-order valence-corrected chi connectivity index (χ1v) is 13.1. The third-order valence-electron chi connectivity index (χ3n) is 7.42. The number of ether oxygens (including phenoxy) is 1. The minimum absolute atomic E-state index is 0.146. The van der Waals surface area contributed by atoms with E-state index >= 15 is 0 Å². The molecule has 198 valence electrons. The van der Waals surface area contributed by atoms with Gasteiger partial charge in [-0.3, -0.25) is 4.79 Å². The molecule has 10 nitrogen and oxygen atoms in total. The van der Waals surface area contributed by atoms with Gasteiger partial charge in [0.25, 0.3) is 5.91 Å². The maximum Gasteiger partial charge on any atom is 0.271 e. The maximum atomic E-state index is 12.4. The smallest absolute Gasteiger partial charge is 0.271 e. The number of fused-ring (bicyclic) bond motifs is 2. The van der Waals surface area contributed by atoms with Crippen molar-refractivity contribution in [3.8, 4) is 22.9 Å². The summed E-state index contributed by atoms with van der Waals surface area (Å²) in [5.41, 5.74) is 3.00. The quantitative estimate of drug-likeness (QED) is 0.347. The van der Waals surface area contributed by atoms with Crippen molar-refractivity contribution >= 4 is 28.8 Å². The Kier molecular flexibility index (Phi) is 6.54. The average molecular weight is 544 g/mol. The molecule has 11 heteroatoms. The van der Waals surface area contributed by atoms with Crippen LogP contribution < -0.4 is 15.0 Å². The highest BCUT2D eigenvalue weighted by molar-refractivity contribution is 6.33. The molecular weight excluding hydrogens is 518 g/mol. The molecule has 2 N–H and O–H groups in total. The summed E-state index contributed by atoms with van der Waals surface area (Å²) in [7, 11) is 0. The second-order valence-electron chi connectivity index (χ2n) is 10.1. The molecule has 2 fully saturated rings. The van der Waals surface area contributed by atoms with Crippen LogP contribution >= 0.6 is 11.6 Å². The van der Waals surface area contributed by atoms with Gasteiger partial charge in [0.05, 0.1) is 34.6 Å². The molecule has 0 spiro atoms. The highest BCUT2D eigenvalue weighted by Gasteiger charge is 2.55. The zero-order valence-electron chi connectivity index (χ0n) is 21.2. The fourth-order valence-corrected chi connectivity index (χ4v) is 5.62. The van der Waals surface area contributed by atoms with Crippen LogP contribution in [-0.2, 0) is 0 Å². The first-order chi connectivity index (χ1) is 18.9. The van der Waals surface area contributed by atoms with E-state index in [1.807, 2.05) is 18.2 Å². The van der Waals surface area contributed by atoms with Crippen molar-refractivity contribution < 1.29 is 14.6 Å². The van der Waals surface area contributed by atoms with Gasteiger partial charge in [0.15, 0.2) is 0 Å². The van der Waals surface area contributed by atoms with E-state index in [2.05, 4.69) is 26.4 Å². The third-order valence-corrected chi connectivity index (χ3v) is 7.73. The van der Waals surface area contributed by atoms with Gasteiger partial charge in [0.2, 0.25) is 0 Å². The second-order valence-corrected chi connectivity index (χ2v) is 10.5. The van der Waals surface area contributed by atoms with Crippen molar-refractivity contribution in [2.75, 3.05) is 31.1 Å². The van der Waals surface area contributed by atoms with Crippen LogP contribution in [0.3, 0.4) is 0 Å². The number of aromatic nitrogens is 4. The monoisotopic (exact) mass is 543 g/mol. The Balaban J connectivity index is 1.12. The predicted octanol–water partition coefficient (Wildman–Crippen LogP) is 3.19. The fourth-order valence-electron chi connectivity index (χ4n) is 5.41. The number of aliphatic hydroxyl groups is 1. The van der Waals surface area contributed by atoms with Gasteiger partial charge in [0, 0.05) is 43.2 Å². The minimum atomic E-state index is -0.612. The number of nitriles is 1. The molecule has 1 saturated carbocycles. The van der Waals surface area contributed by atoms with Crippen LogP contribution in [0.15, 0.2) is 55.1 Å². The molecule has 1 aliphatic heterocycles. The van der Waals surface area contributed by atoms with E-state index in [4.69, 9.17) is 21.3 Å². The number of amides is 1. The van der Waals surface area contributed by atoms with Gasteiger partial charge in [0.1, 0.15) is 29.9 Å². The van der Waals surface area contributed by atoms with Crippen molar-refractivity contribution in [1.82, 2.24) is 24.9 Å². The largest absolute Gasteiger partial charge is 0.489 e. The number of pyridine rings is 3. The number of nitrogens with one attached hydrogen (secondary N) is 1. The number of aliphatic hydroxyl groups excluding tert-OH is 1. The highest BCUT2D eigenvalue weighted by atomic mass is 35.5. The van der Waals surface area contributed by atoms with E-state index < -0.39 is 6.10 Å². The molecule has 4 aromatic rings. The Morgan fingerprint density at radius 3 is 2.79 bits per heavy atom. The van der Waals surface area contributed by atoms with E-state index in [9.17, 15) is 15.2 Å². The molecule has 4 atom stereocenters. The third kappa shape index (κ3) is 4.87. The van der Waals surface area contributed by atoms with Crippen LogP contribution in [0.2, 0.25) is 5.02 Å². The molecule has 0 aromatic carbocycles. The number of piperidine rings is 1. The Bertz CT molecular complexity index is 1570. The molecule has 6 rings (SSSR count). The molecule has 39 heavy (non-hydrogen) atoms. The van der Waals surface area contributed by atoms with Gasteiger partial charge in [-0.25, -0.2) is 14.5 Å². The van der Waals surface area contributed by atoms with E-state index in [0.29, 0.717) is 46.2 Å². The molecule has 1 amide bonds. The van der Waals surface area contributed by atoms with Crippen molar-refractivity contribution in [1.29, 1.82) is 5.26 Å². The number of anilines is 1. The molecule has 0 bridgehead atoms. The van der Waals surface area contributed by atoms with Crippen molar-refractivity contribution in [3.05, 3.63) is 71.4 Å². The molecule has 1 unspecified atom stereocenters. The lowest BCUT2D eigenvalue weighted by molar-refractivity contribution is 0.0945. The van der Waals surface area contributed by atoms with Gasteiger partial charge in [-0.2, -0.15) is 10.4 Å². The Morgan fingerprint density at radius 2 is 2.10 bits per heavy atom. The van der Waals surface area contributed by atoms with Crippen LogP contribution in [0, 0.1) is 29.1 Å². The molecule has 5 heterocycles. The topological polar surface area (TPSA) is 129 Å². The number of rotatable bonds is 8. The lowest BCUT2D eigenvalue weighted by atomic mass is 10.1. The second kappa shape index (κ2) is 10.2. The van der Waals surface area contributed by atoms with E-state index in [1.165, 1.54) is 6.20 Å². The van der Waals surface area contributed by atoms with E-state index in [1.54, 1.807) is 42.2 Å². The summed E-state index contributed by atoms with van der Waals surface area (Å²) in [6.45, 7) is 4.18. The minimum Gasteiger partial charge on any atom is -0.489 e. The van der Waals surface area contributed by atoms with Crippen LogP contribution in [0.25, 0.3) is 16.6 Å². The summed E-state index contributed by atoms with van der Waals surface area (Å²) < 4.78 is 7.34. The van der Waals surface area contributed by atoms with E-state index in [-0.39, 0.29) is 18.2 Å². The van der Waals surface area contributed by atoms with Gasteiger partial charge in [-0.05, 0) is 55.0 Å². The predicted molar refractivity (Wildman–Crippen MR) is 145 cm³/mol. The molecule has 0 radical (unpaired) electrons. The van der Waals surface area contributed by atoms with Crippen LogP contribution in [0.1, 0.15) is 23.0 Å². The number of halogens is 1. The van der Waals surface area contributed by atoms with Crippen LogP contribution in [0.4, 0.5) is 5.82 Å². The van der Waals surface area contributed by atoms with Crippen LogP contribution in [-0.4, -0.2) is 62.9 Å². The normalized spacial score (nSPS) is 20.4. The standard InChI is InChI=1S/C28H26ClN7O3/c1-16(37)15-39-19-7-20(27-18(8-30)10-34-36(27)12-19)17-4-5-25(32-9-17)35-13-22-21(23(22)14-35)11-33-28(38)26-24(29)3-2-6-31-26/h2-7,9-10,12,16,21-23,37H,11,13-15H2,1H3,(H,33,38)/t16?,21-,22-,23+. The summed E-state index contributed by atoms with van der Waals surface area (Å²) in [6.07, 6.45) is 5.98. The Morgan fingerprint density at radius 1 is 1.28 bits per heavy atom. The Labute approximate surface area is 229 Å². The van der Waals surface area contributed by atoms with Gasteiger partial charge in [-0.1, -0.05) is 11.6 Å². The number of nitrogens with zero attached hydrogens (tertiary/aromatic N) is 6. The molecule has 2 aliphatic rings. The Hall–Kier alpha value is -4.20. The van der Waals surface area contributed by atoms with Gasteiger partial charge >= 0.3 is 0 Å². The SMILES string of the molecule is CC(O)COc1cc(-c2ccc(N3C[C@@H]4[C@@H](CNC(=O)c5ncccc5Cl)[C@@H]4C3)nc2)c2c(C#N)cnn2c1. The highest BCUT2D eigenvalue weighted by Crippen LogP contribution is 2.52. The lowest BCUT2D eigenvalue weighted by Crippen LogP contribution is -2.31. The van der Waals surface area contributed by atoms with Crippen molar-refractivity contribution in [2.45, 2.75) is 13.0 Å². The summed E-state index contributed by atoms with van der Waals surface area (Å²) in [5, 5.41) is 26.8. The zero-order valence-corrected chi connectivity index (χ0v) is 21.9. The molecule has 1 aliphatic carbocycles. The maximum absolute atomic E-state index is 12.4. The van der Waals surface area contributed by atoms with Gasteiger partial charge in [-0.15, -0.1) is 0 Å². The number of hydrogen-bond donors (Lipinski definition) is 2. The van der Waals surface area contributed by atoms with Gasteiger partial charge < -0.3 is 20.1 Å². The first-order valence-electron chi connectivity index (χ1n) is 12.8. The molecular formula is C28H26ClN7O3. The van der Waals surface area contributed by atoms with E-state index in [0.717, 1.165) is 30.0 Å². The number of hydrogen-bond acceptors (Lipinski definition) is 8. The van der Waals surface area contributed by atoms with Crippen LogP contribution in [0.5, 0.6) is 5.75 Å². The van der Waals surface area contributed by atoms with Crippen molar-refractivity contribution in [2.24, 2.45) is 17.8 Å². The summed E-state index contributed by atoms with van der Waals surface area (Å²) in [4.78, 5) is 23.5. The summed E-state index contributed by atoms with van der Waals surface area (Å²) in [5.74, 6) is 2.65. The fraction of sp³-hybridized carbons (Fsp3) is 0.321. The first kappa shape index (κ1) is 25.1. The lowest BCUT2D eigenvalue weighted by Gasteiger charge is -2.21.